The molecule has 0 radical (unpaired) electrons. The number of cyclic esters (lactones) is 1. The van der Waals surface area contributed by atoms with Crippen molar-refractivity contribution in [2.45, 2.75) is 26.9 Å². The van der Waals surface area contributed by atoms with Gasteiger partial charge in [0.2, 0.25) is 0 Å². The molecule has 0 N–H and O–H groups in total. The minimum Gasteiger partial charge on any atom is -0.461 e. The number of alkyl halides is 2. The van der Waals surface area contributed by atoms with Crippen LogP contribution in [0.25, 0.3) is 0 Å². The van der Waals surface area contributed by atoms with Gasteiger partial charge in [-0.2, -0.15) is 0 Å². The summed E-state index contributed by atoms with van der Waals surface area (Å²) >= 11 is 11.9. The molecule has 2 fully saturated rings. The van der Waals surface area contributed by atoms with Gasteiger partial charge in [-0.15, -0.1) is 23.2 Å². The van der Waals surface area contributed by atoms with Crippen LogP contribution in [0, 0.1) is 29.1 Å². The Morgan fingerprint density at radius 1 is 1.25 bits per heavy atom. The van der Waals surface area contributed by atoms with E-state index in [1.54, 1.807) is 20.8 Å². The molecule has 2 rings (SSSR count). The van der Waals surface area contributed by atoms with Gasteiger partial charge in [0.1, 0.15) is 12.7 Å². The van der Waals surface area contributed by atoms with Crippen molar-refractivity contribution in [2.24, 2.45) is 29.1 Å². The van der Waals surface area contributed by atoms with Crippen molar-refractivity contribution in [3.8, 4) is 0 Å². The molecule has 1 saturated carbocycles. The molecule has 0 aromatic rings. The Kier molecular flexibility index (Phi) is 4.55. The van der Waals surface area contributed by atoms with Crippen LogP contribution in [0.2, 0.25) is 0 Å². The Bertz CT molecular complexity index is 404. The van der Waals surface area contributed by atoms with Gasteiger partial charge >= 0.3 is 11.9 Å². The summed E-state index contributed by atoms with van der Waals surface area (Å²) in [7, 11) is 0. The largest absolute Gasteiger partial charge is 0.461 e. The summed E-state index contributed by atoms with van der Waals surface area (Å²) in [6.45, 7) is 5.46. The molecule has 20 heavy (non-hydrogen) atoms. The molecule has 4 nitrogen and oxygen atoms in total. The molecular weight excluding hydrogens is 303 g/mol. The summed E-state index contributed by atoms with van der Waals surface area (Å²) in [5.74, 6) is 0.387. The number of halogens is 2. The summed E-state index contributed by atoms with van der Waals surface area (Å²) in [5, 5.41) is 0. The van der Waals surface area contributed by atoms with Gasteiger partial charge in [-0.05, 0) is 32.6 Å². The number of esters is 2. The van der Waals surface area contributed by atoms with E-state index in [4.69, 9.17) is 32.7 Å². The molecule has 6 heteroatoms. The second-order valence-corrected chi connectivity index (χ2v) is 7.18. The first kappa shape index (κ1) is 15.9. The van der Waals surface area contributed by atoms with Gasteiger partial charge in [0.25, 0.3) is 0 Å². The summed E-state index contributed by atoms with van der Waals surface area (Å²) in [6, 6.07) is 0. The average Bonchev–Trinajstić information content (AvgIpc) is 2.59. The molecular formula is C14H20Cl2O4. The summed E-state index contributed by atoms with van der Waals surface area (Å²) in [4.78, 5) is 23.6. The second-order valence-electron chi connectivity index (χ2n) is 6.56. The number of fused-ring (bicyclic) bond motifs is 1. The molecule has 0 bridgehead atoms. The van der Waals surface area contributed by atoms with E-state index in [1.165, 1.54) is 0 Å². The smallest absolute Gasteiger partial charge is 0.311 e. The van der Waals surface area contributed by atoms with Crippen LogP contribution in [0.5, 0.6) is 0 Å². The molecule has 0 aromatic carbocycles. The number of hydrogen-bond donors (Lipinski definition) is 0. The monoisotopic (exact) mass is 322 g/mol. The predicted molar refractivity (Wildman–Crippen MR) is 75.7 cm³/mol. The standard InChI is InChI=1S/C14H20Cl2O4/c1-14(2,3)13(18)19-6-9-10-7(4-15)8(5-16)11(10)12(17)20-9/h7-11H,4-6H2,1-3H3/t7-,8-,9-,10-,11-/m1/s1. The normalized spacial score (nSPS) is 36.0. The van der Waals surface area contributed by atoms with Crippen LogP contribution in [0.1, 0.15) is 20.8 Å². The van der Waals surface area contributed by atoms with E-state index in [-0.39, 0.29) is 48.3 Å². The highest BCUT2D eigenvalue weighted by atomic mass is 35.5. The van der Waals surface area contributed by atoms with Crippen LogP contribution in [0.15, 0.2) is 0 Å². The average molecular weight is 323 g/mol. The highest BCUT2D eigenvalue weighted by Crippen LogP contribution is 2.54. The van der Waals surface area contributed by atoms with Crippen molar-refractivity contribution in [1.29, 1.82) is 0 Å². The molecule has 0 amide bonds. The summed E-state index contributed by atoms with van der Waals surface area (Å²) in [5.41, 5.74) is -0.563. The topological polar surface area (TPSA) is 52.6 Å². The zero-order chi connectivity index (χ0) is 15.1. The van der Waals surface area contributed by atoms with Gasteiger partial charge in [0.05, 0.1) is 11.3 Å². The predicted octanol–water partition coefficient (Wildman–Crippen LogP) is 2.46. The van der Waals surface area contributed by atoms with Crippen molar-refractivity contribution < 1.29 is 19.1 Å². The highest BCUT2D eigenvalue weighted by molar-refractivity contribution is 6.19. The third-order valence-corrected chi connectivity index (χ3v) is 4.95. The van der Waals surface area contributed by atoms with E-state index in [0.29, 0.717) is 11.8 Å². The lowest BCUT2D eigenvalue weighted by atomic mass is 9.57. The molecule has 0 spiro atoms. The van der Waals surface area contributed by atoms with Crippen LogP contribution in [0.4, 0.5) is 0 Å². The van der Waals surface area contributed by atoms with Crippen molar-refractivity contribution in [3.63, 3.8) is 0 Å². The Balaban J connectivity index is 1.97. The first-order chi connectivity index (χ1) is 9.31. The fraction of sp³-hybridized carbons (Fsp3) is 0.857. The first-order valence-corrected chi connectivity index (χ1v) is 7.87. The molecule has 1 saturated heterocycles. The van der Waals surface area contributed by atoms with Crippen LogP contribution in [0.3, 0.4) is 0 Å². The molecule has 2 aliphatic rings. The van der Waals surface area contributed by atoms with E-state index in [0.717, 1.165) is 0 Å². The minimum atomic E-state index is -0.563. The zero-order valence-corrected chi connectivity index (χ0v) is 13.4. The lowest BCUT2D eigenvalue weighted by Crippen LogP contribution is -2.52. The van der Waals surface area contributed by atoms with Crippen LogP contribution in [-0.4, -0.2) is 36.4 Å². The van der Waals surface area contributed by atoms with Gasteiger partial charge in [-0.1, -0.05) is 0 Å². The molecule has 1 heterocycles. The maximum atomic E-state index is 11.9. The Morgan fingerprint density at radius 2 is 1.85 bits per heavy atom. The molecule has 1 aliphatic heterocycles. The SMILES string of the molecule is CC(C)(C)C(=O)OC[C@H]1OC(=O)[C@@H]2[C@H](CCl)[C@@H](CCl)[C@@H]21. The van der Waals surface area contributed by atoms with Crippen LogP contribution in [-0.2, 0) is 19.1 Å². The van der Waals surface area contributed by atoms with Crippen LogP contribution >= 0.6 is 23.2 Å². The van der Waals surface area contributed by atoms with E-state index in [9.17, 15) is 9.59 Å². The number of carbonyl (C=O) groups excluding carboxylic acids is 2. The Morgan fingerprint density at radius 3 is 2.35 bits per heavy atom. The van der Waals surface area contributed by atoms with E-state index in [2.05, 4.69) is 0 Å². The van der Waals surface area contributed by atoms with Crippen molar-refractivity contribution >= 4 is 35.1 Å². The van der Waals surface area contributed by atoms with Gasteiger partial charge in [0, 0.05) is 17.7 Å². The maximum absolute atomic E-state index is 11.9. The Hall–Kier alpha value is -0.480. The lowest BCUT2D eigenvalue weighted by molar-refractivity contribution is -0.160. The molecule has 0 aromatic heterocycles. The van der Waals surface area contributed by atoms with E-state index < -0.39 is 5.41 Å². The summed E-state index contributed by atoms with van der Waals surface area (Å²) in [6.07, 6.45) is -0.387. The van der Waals surface area contributed by atoms with Gasteiger partial charge in [-0.3, -0.25) is 9.59 Å². The molecule has 5 atom stereocenters. The van der Waals surface area contributed by atoms with E-state index >= 15 is 0 Å². The number of carbonyl (C=O) groups is 2. The number of hydrogen-bond acceptors (Lipinski definition) is 4. The lowest BCUT2D eigenvalue weighted by Gasteiger charge is -2.45. The summed E-state index contributed by atoms with van der Waals surface area (Å²) < 4.78 is 10.6. The Labute approximate surface area is 129 Å². The van der Waals surface area contributed by atoms with Crippen molar-refractivity contribution in [3.05, 3.63) is 0 Å². The number of rotatable bonds is 4. The maximum Gasteiger partial charge on any atom is 0.311 e. The van der Waals surface area contributed by atoms with Crippen molar-refractivity contribution in [2.75, 3.05) is 18.4 Å². The second kappa shape index (κ2) is 5.72. The van der Waals surface area contributed by atoms with Gasteiger partial charge < -0.3 is 9.47 Å². The molecule has 114 valence electrons. The molecule has 1 aliphatic carbocycles. The third-order valence-electron chi connectivity index (χ3n) is 4.24. The van der Waals surface area contributed by atoms with Gasteiger partial charge in [-0.25, -0.2) is 0 Å². The fourth-order valence-electron chi connectivity index (χ4n) is 3.05. The third kappa shape index (κ3) is 2.64. The minimum absolute atomic E-state index is 0.0246. The first-order valence-electron chi connectivity index (χ1n) is 6.81. The highest BCUT2D eigenvalue weighted by Gasteiger charge is 2.62. The van der Waals surface area contributed by atoms with Gasteiger partial charge in [0.15, 0.2) is 0 Å². The number of ether oxygens (including phenoxy) is 2. The fourth-order valence-corrected chi connectivity index (χ4v) is 3.91. The zero-order valence-electron chi connectivity index (χ0n) is 11.9. The van der Waals surface area contributed by atoms with Crippen LogP contribution < -0.4 is 0 Å². The quantitative estimate of drug-likeness (QED) is 0.589. The van der Waals surface area contributed by atoms with Crippen molar-refractivity contribution in [1.82, 2.24) is 0 Å². The molecule has 0 unspecified atom stereocenters. The van der Waals surface area contributed by atoms with E-state index in [1.807, 2.05) is 0 Å².